The summed E-state index contributed by atoms with van der Waals surface area (Å²) in [7, 11) is 0. The normalized spacial score (nSPS) is 28.4. The van der Waals surface area contributed by atoms with E-state index in [9.17, 15) is 10.2 Å². The summed E-state index contributed by atoms with van der Waals surface area (Å²) in [4.78, 5) is 14.2. The number of imidazole rings is 1. The molecule has 2 saturated heterocycles. The van der Waals surface area contributed by atoms with Crippen LogP contribution in [0.1, 0.15) is 18.2 Å². The van der Waals surface area contributed by atoms with Gasteiger partial charge in [0.05, 0.1) is 25.1 Å². The van der Waals surface area contributed by atoms with E-state index in [1.165, 1.54) is 11.9 Å². The Morgan fingerprint density at radius 3 is 2.77 bits per heavy atom. The third-order valence-electron chi connectivity index (χ3n) is 5.68. The Balaban J connectivity index is 1.33. The Bertz CT molecular complexity index is 1040. The summed E-state index contributed by atoms with van der Waals surface area (Å²) >= 11 is 1.59. The monoisotopic (exact) mass is 443 g/mol. The minimum atomic E-state index is -1.09. The number of anilines is 1. The standard InChI is InChI=1S/C21H25N5O4S/c1-12-2-4-14(5-3-12)31-9-15-17(27)18(28)21(30-15)26-11-24-16-19(22-10-23-20(16)26)25-13-6-7-29-8-13/h2-5,10-11,13,15,17-18,21,27-28H,6-9H2,1H3,(H,22,23,25)/t13-,15-,17-,18-,21?/m1/s1. The van der Waals surface area contributed by atoms with Crippen LogP contribution in [0, 0.1) is 6.92 Å². The van der Waals surface area contributed by atoms with Crippen molar-refractivity contribution < 1.29 is 19.7 Å². The molecular weight excluding hydrogens is 418 g/mol. The van der Waals surface area contributed by atoms with Crippen molar-refractivity contribution in [2.45, 2.75) is 48.8 Å². The second-order valence-corrected chi connectivity index (χ2v) is 9.01. The average molecular weight is 444 g/mol. The first-order chi connectivity index (χ1) is 15.1. The zero-order chi connectivity index (χ0) is 21.4. The largest absolute Gasteiger partial charge is 0.387 e. The summed E-state index contributed by atoms with van der Waals surface area (Å²) in [6.45, 7) is 3.40. The van der Waals surface area contributed by atoms with Crippen LogP contribution in [-0.4, -0.2) is 73.1 Å². The van der Waals surface area contributed by atoms with E-state index in [-0.39, 0.29) is 6.04 Å². The number of aliphatic hydroxyl groups excluding tert-OH is 2. The van der Waals surface area contributed by atoms with E-state index < -0.39 is 24.5 Å². The lowest BCUT2D eigenvalue weighted by Gasteiger charge is -2.17. The van der Waals surface area contributed by atoms with Gasteiger partial charge in [-0.1, -0.05) is 17.7 Å². The van der Waals surface area contributed by atoms with Crippen LogP contribution in [0.5, 0.6) is 0 Å². The molecule has 5 rings (SSSR count). The molecule has 0 aliphatic carbocycles. The van der Waals surface area contributed by atoms with Gasteiger partial charge in [-0.2, -0.15) is 0 Å². The van der Waals surface area contributed by atoms with Crippen molar-refractivity contribution in [3.05, 3.63) is 42.5 Å². The van der Waals surface area contributed by atoms with Gasteiger partial charge in [0.2, 0.25) is 0 Å². The number of ether oxygens (including phenoxy) is 2. The quantitative estimate of drug-likeness (QED) is 0.490. The zero-order valence-electron chi connectivity index (χ0n) is 17.1. The molecule has 10 heteroatoms. The first-order valence-electron chi connectivity index (χ1n) is 10.3. The number of rotatable bonds is 6. The molecule has 0 spiro atoms. The summed E-state index contributed by atoms with van der Waals surface area (Å²) in [5, 5.41) is 24.6. The van der Waals surface area contributed by atoms with E-state index >= 15 is 0 Å². The van der Waals surface area contributed by atoms with Crippen LogP contribution >= 0.6 is 11.8 Å². The molecule has 1 unspecified atom stereocenters. The van der Waals surface area contributed by atoms with Crippen LogP contribution < -0.4 is 5.32 Å². The molecule has 4 heterocycles. The maximum Gasteiger partial charge on any atom is 0.167 e. The highest BCUT2D eigenvalue weighted by molar-refractivity contribution is 7.99. The van der Waals surface area contributed by atoms with Gasteiger partial charge in [-0.25, -0.2) is 15.0 Å². The molecule has 5 atom stereocenters. The van der Waals surface area contributed by atoms with Crippen LogP contribution in [0.2, 0.25) is 0 Å². The molecular formula is C21H25N5O4S. The van der Waals surface area contributed by atoms with Crippen molar-refractivity contribution in [2.24, 2.45) is 0 Å². The number of aliphatic hydroxyl groups is 2. The first-order valence-corrected chi connectivity index (χ1v) is 11.3. The maximum absolute atomic E-state index is 10.7. The number of nitrogens with zero attached hydrogens (tertiary/aromatic N) is 4. The van der Waals surface area contributed by atoms with Crippen molar-refractivity contribution in [1.82, 2.24) is 19.5 Å². The highest BCUT2D eigenvalue weighted by Crippen LogP contribution is 2.35. The Kier molecular flexibility index (Phi) is 5.81. The van der Waals surface area contributed by atoms with Crippen molar-refractivity contribution in [1.29, 1.82) is 0 Å². The number of hydrogen-bond acceptors (Lipinski definition) is 9. The molecule has 0 bridgehead atoms. The topological polar surface area (TPSA) is 115 Å². The number of hydrogen-bond donors (Lipinski definition) is 3. The number of nitrogens with one attached hydrogen (secondary N) is 1. The molecule has 0 amide bonds. The molecule has 9 nitrogen and oxygen atoms in total. The average Bonchev–Trinajstić information content (AvgIpc) is 3.50. The molecule has 0 radical (unpaired) electrons. The van der Waals surface area contributed by atoms with Gasteiger partial charge < -0.3 is 25.0 Å². The minimum Gasteiger partial charge on any atom is -0.387 e. The van der Waals surface area contributed by atoms with Crippen LogP contribution in [0.25, 0.3) is 11.2 Å². The molecule has 164 valence electrons. The summed E-state index contributed by atoms with van der Waals surface area (Å²) in [5.74, 6) is 1.15. The Hall–Kier alpha value is -2.24. The Labute approximate surface area is 183 Å². The van der Waals surface area contributed by atoms with E-state index in [0.717, 1.165) is 17.9 Å². The van der Waals surface area contributed by atoms with Gasteiger partial charge >= 0.3 is 0 Å². The molecule has 3 aromatic rings. The fraction of sp³-hybridized carbons (Fsp3) is 0.476. The Morgan fingerprint density at radius 1 is 1.16 bits per heavy atom. The summed E-state index contributed by atoms with van der Waals surface area (Å²) in [6.07, 6.45) is 0.557. The number of fused-ring (bicyclic) bond motifs is 1. The highest BCUT2D eigenvalue weighted by atomic mass is 32.2. The van der Waals surface area contributed by atoms with Crippen LogP contribution in [0.4, 0.5) is 5.82 Å². The van der Waals surface area contributed by atoms with E-state index in [2.05, 4.69) is 20.3 Å². The maximum atomic E-state index is 10.7. The molecule has 1 aromatic carbocycles. The van der Waals surface area contributed by atoms with E-state index in [0.29, 0.717) is 29.3 Å². The van der Waals surface area contributed by atoms with Gasteiger partial charge in [0.25, 0.3) is 0 Å². The van der Waals surface area contributed by atoms with Crippen LogP contribution in [0.3, 0.4) is 0 Å². The van der Waals surface area contributed by atoms with Gasteiger partial charge in [0.15, 0.2) is 23.2 Å². The lowest BCUT2D eigenvalue weighted by atomic mass is 10.1. The summed E-state index contributed by atoms with van der Waals surface area (Å²) in [5.41, 5.74) is 2.33. The summed E-state index contributed by atoms with van der Waals surface area (Å²) < 4.78 is 13.1. The van der Waals surface area contributed by atoms with Crippen molar-refractivity contribution in [3.8, 4) is 0 Å². The number of thioether (sulfide) groups is 1. The van der Waals surface area contributed by atoms with Gasteiger partial charge in [-0.15, -0.1) is 11.8 Å². The lowest BCUT2D eigenvalue weighted by Crippen LogP contribution is -2.32. The molecule has 2 aliphatic rings. The summed E-state index contributed by atoms with van der Waals surface area (Å²) in [6, 6.07) is 8.36. The second-order valence-electron chi connectivity index (χ2n) is 7.92. The third kappa shape index (κ3) is 4.13. The van der Waals surface area contributed by atoms with E-state index in [4.69, 9.17) is 9.47 Å². The molecule has 31 heavy (non-hydrogen) atoms. The molecule has 0 saturated carbocycles. The van der Waals surface area contributed by atoms with E-state index in [1.54, 1.807) is 22.7 Å². The third-order valence-corrected chi connectivity index (χ3v) is 6.78. The molecule has 2 aromatic heterocycles. The minimum absolute atomic E-state index is 0.182. The molecule has 3 N–H and O–H groups in total. The SMILES string of the molecule is Cc1ccc(SC[C@H]2OC(n3cnc4c(N[C@@H]5CCOC5)ncnc43)[C@H](O)[C@@H]2O)cc1. The van der Waals surface area contributed by atoms with Crippen molar-refractivity contribution in [3.63, 3.8) is 0 Å². The number of aryl methyl sites for hydroxylation is 1. The van der Waals surface area contributed by atoms with Gasteiger partial charge in [0.1, 0.15) is 18.5 Å². The Morgan fingerprint density at radius 2 is 2.00 bits per heavy atom. The van der Waals surface area contributed by atoms with Gasteiger partial charge in [0, 0.05) is 17.3 Å². The fourth-order valence-corrected chi connectivity index (χ4v) is 4.86. The smallest absolute Gasteiger partial charge is 0.167 e. The predicted molar refractivity (Wildman–Crippen MR) is 116 cm³/mol. The van der Waals surface area contributed by atoms with Crippen molar-refractivity contribution in [2.75, 3.05) is 24.3 Å². The highest BCUT2D eigenvalue weighted by Gasteiger charge is 2.44. The van der Waals surface area contributed by atoms with E-state index in [1.807, 2.05) is 31.2 Å². The molecule has 2 fully saturated rings. The predicted octanol–water partition coefficient (Wildman–Crippen LogP) is 1.75. The second kappa shape index (κ2) is 8.71. The fourth-order valence-electron chi connectivity index (χ4n) is 3.90. The molecule has 2 aliphatic heterocycles. The zero-order valence-corrected chi connectivity index (χ0v) is 17.9. The number of benzene rings is 1. The van der Waals surface area contributed by atoms with Crippen molar-refractivity contribution >= 4 is 28.7 Å². The van der Waals surface area contributed by atoms with Crippen LogP contribution in [-0.2, 0) is 9.47 Å². The first kappa shape index (κ1) is 20.7. The van der Waals surface area contributed by atoms with Crippen LogP contribution in [0.15, 0.2) is 41.8 Å². The van der Waals surface area contributed by atoms with Gasteiger partial charge in [-0.3, -0.25) is 4.57 Å². The number of aromatic nitrogens is 4. The lowest BCUT2D eigenvalue weighted by molar-refractivity contribution is -0.0289. The van der Waals surface area contributed by atoms with Gasteiger partial charge in [-0.05, 0) is 25.5 Å².